The molecule has 8 nitrogen and oxygen atoms in total. The van der Waals surface area contributed by atoms with Crippen LogP contribution in [0.5, 0.6) is 5.75 Å². The standard InChI is InChI=1S/C17H24BrN5O3S/c1-4-19-17-22-12(3)10-16(23-17)20-8-9-21-27(24,25)15-11-13(18)6-7-14(15)26-5-2/h6-7,10-11,21H,4-5,8-9H2,1-3H3,(H2,19,20,22,23). The number of nitrogens with zero attached hydrogens (tertiary/aromatic N) is 2. The van der Waals surface area contributed by atoms with Crippen molar-refractivity contribution < 1.29 is 13.2 Å². The van der Waals surface area contributed by atoms with Crippen molar-refractivity contribution in [2.24, 2.45) is 0 Å². The SMILES string of the molecule is CCNc1nc(C)cc(NCCNS(=O)(=O)c2cc(Br)ccc2OCC)n1. The van der Waals surface area contributed by atoms with E-state index in [1.165, 1.54) is 6.07 Å². The average molecular weight is 458 g/mol. The van der Waals surface area contributed by atoms with Crippen LogP contribution in [0, 0.1) is 6.92 Å². The van der Waals surface area contributed by atoms with Crippen LogP contribution < -0.4 is 20.1 Å². The quantitative estimate of drug-likeness (QED) is 0.470. The van der Waals surface area contributed by atoms with Gasteiger partial charge in [-0.3, -0.25) is 0 Å². The first-order chi connectivity index (χ1) is 12.9. The molecule has 0 aliphatic rings. The Morgan fingerprint density at radius 2 is 1.89 bits per heavy atom. The van der Waals surface area contributed by atoms with Gasteiger partial charge >= 0.3 is 0 Å². The number of hydrogen-bond acceptors (Lipinski definition) is 7. The van der Waals surface area contributed by atoms with E-state index in [0.29, 0.717) is 35.1 Å². The van der Waals surface area contributed by atoms with Crippen LogP contribution in [0.3, 0.4) is 0 Å². The zero-order valence-electron chi connectivity index (χ0n) is 15.5. The number of aromatic nitrogens is 2. The lowest BCUT2D eigenvalue weighted by Gasteiger charge is -2.13. The van der Waals surface area contributed by atoms with E-state index in [0.717, 1.165) is 12.2 Å². The van der Waals surface area contributed by atoms with Gasteiger partial charge < -0.3 is 15.4 Å². The van der Waals surface area contributed by atoms with Gasteiger partial charge in [0.05, 0.1) is 6.61 Å². The van der Waals surface area contributed by atoms with Crippen molar-refractivity contribution in [2.45, 2.75) is 25.7 Å². The minimum atomic E-state index is -3.71. The zero-order chi connectivity index (χ0) is 19.9. The van der Waals surface area contributed by atoms with E-state index in [-0.39, 0.29) is 11.4 Å². The van der Waals surface area contributed by atoms with Gasteiger partial charge in [0.25, 0.3) is 0 Å². The van der Waals surface area contributed by atoms with Gasteiger partial charge in [-0.25, -0.2) is 18.1 Å². The van der Waals surface area contributed by atoms with Crippen LogP contribution in [0.25, 0.3) is 0 Å². The third-order valence-electron chi connectivity index (χ3n) is 3.41. The minimum absolute atomic E-state index is 0.103. The summed E-state index contributed by atoms with van der Waals surface area (Å²) in [5.41, 5.74) is 0.819. The first-order valence-electron chi connectivity index (χ1n) is 8.61. The molecule has 0 aliphatic heterocycles. The second-order valence-electron chi connectivity index (χ2n) is 5.60. The van der Waals surface area contributed by atoms with Crippen molar-refractivity contribution in [3.8, 4) is 5.75 Å². The maximum Gasteiger partial charge on any atom is 0.244 e. The summed E-state index contributed by atoms with van der Waals surface area (Å²) in [7, 11) is -3.71. The van der Waals surface area contributed by atoms with Crippen molar-refractivity contribution >= 4 is 37.7 Å². The van der Waals surface area contributed by atoms with E-state index in [9.17, 15) is 8.42 Å². The number of anilines is 2. The molecular formula is C17H24BrN5O3S. The maximum absolute atomic E-state index is 12.6. The predicted molar refractivity (Wildman–Crippen MR) is 110 cm³/mol. The lowest BCUT2D eigenvalue weighted by Crippen LogP contribution is -2.29. The van der Waals surface area contributed by atoms with Crippen LogP contribution in [-0.2, 0) is 10.0 Å². The van der Waals surface area contributed by atoms with Crippen molar-refractivity contribution in [1.82, 2.24) is 14.7 Å². The molecule has 0 amide bonds. The van der Waals surface area contributed by atoms with Gasteiger partial charge in [-0.1, -0.05) is 15.9 Å². The molecule has 0 unspecified atom stereocenters. The van der Waals surface area contributed by atoms with E-state index in [1.54, 1.807) is 25.1 Å². The molecule has 10 heteroatoms. The normalized spacial score (nSPS) is 11.3. The Balaban J connectivity index is 2.00. The molecule has 0 bridgehead atoms. The molecule has 0 saturated carbocycles. The van der Waals surface area contributed by atoms with E-state index < -0.39 is 10.0 Å². The summed E-state index contributed by atoms with van der Waals surface area (Å²) >= 11 is 3.30. The van der Waals surface area contributed by atoms with Crippen LogP contribution in [0.4, 0.5) is 11.8 Å². The van der Waals surface area contributed by atoms with E-state index >= 15 is 0 Å². The molecule has 0 saturated heterocycles. The van der Waals surface area contributed by atoms with Crippen molar-refractivity contribution in [3.05, 3.63) is 34.4 Å². The van der Waals surface area contributed by atoms with Crippen LogP contribution in [0.15, 0.2) is 33.6 Å². The van der Waals surface area contributed by atoms with Gasteiger partial charge in [-0.05, 0) is 39.0 Å². The lowest BCUT2D eigenvalue weighted by atomic mass is 10.3. The number of aryl methyl sites for hydroxylation is 1. The predicted octanol–water partition coefficient (Wildman–Crippen LogP) is 2.77. The molecule has 0 spiro atoms. The van der Waals surface area contributed by atoms with Gasteiger partial charge in [-0.2, -0.15) is 4.98 Å². The first kappa shape index (κ1) is 21.4. The number of hydrogen-bond donors (Lipinski definition) is 3. The molecule has 1 heterocycles. The van der Waals surface area contributed by atoms with Crippen LogP contribution in [0.2, 0.25) is 0 Å². The topological polar surface area (TPSA) is 105 Å². The van der Waals surface area contributed by atoms with E-state index in [4.69, 9.17) is 4.74 Å². The Hall–Kier alpha value is -1.91. The molecule has 0 fully saturated rings. The molecule has 0 atom stereocenters. The fourth-order valence-corrected chi connectivity index (χ4v) is 4.03. The summed E-state index contributed by atoms with van der Waals surface area (Å²) in [6, 6.07) is 6.70. The number of benzene rings is 1. The molecule has 1 aromatic heterocycles. The first-order valence-corrected chi connectivity index (χ1v) is 10.9. The Morgan fingerprint density at radius 3 is 2.59 bits per heavy atom. The summed E-state index contributed by atoms with van der Waals surface area (Å²) in [4.78, 5) is 8.71. The van der Waals surface area contributed by atoms with E-state index in [2.05, 4.69) is 41.3 Å². The maximum atomic E-state index is 12.6. The lowest BCUT2D eigenvalue weighted by molar-refractivity contribution is 0.331. The number of ether oxygens (including phenoxy) is 1. The fourth-order valence-electron chi connectivity index (χ4n) is 2.32. The molecule has 148 valence electrons. The van der Waals surface area contributed by atoms with Crippen molar-refractivity contribution in [3.63, 3.8) is 0 Å². The van der Waals surface area contributed by atoms with E-state index in [1.807, 2.05) is 13.8 Å². The summed E-state index contributed by atoms with van der Waals surface area (Å²) in [5.74, 6) is 1.49. The number of nitrogens with one attached hydrogen (secondary N) is 3. The third kappa shape index (κ3) is 6.33. The van der Waals surface area contributed by atoms with Crippen LogP contribution >= 0.6 is 15.9 Å². The molecule has 27 heavy (non-hydrogen) atoms. The summed E-state index contributed by atoms with van der Waals surface area (Å²) in [6.45, 7) is 7.32. The van der Waals surface area contributed by atoms with Gasteiger partial charge in [-0.15, -0.1) is 0 Å². The van der Waals surface area contributed by atoms with Gasteiger partial charge in [0.15, 0.2) is 0 Å². The molecule has 0 aliphatic carbocycles. The second-order valence-corrected chi connectivity index (χ2v) is 8.25. The van der Waals surface area contributed by atoms with Crippen LogP contribution in [0.1, 0.15) is 19.5 Å². The number of halogens is 1. The summed E-state index contributed by atoms with van der Waals surface area (Å²) in [6.07, 6.45) is 0. The zero-order valence-corrected chi connectivity index (χ0v) is 17.9. The van der Waals surface area contributed by atoms with Gasteiger partial charge in [0.2, 0.25) is 16.0 Å². The fraction of sp³-hybridized carbons (Fsp3) is 0.412. The van der Waals surface area contributed by atoms with Crippen LogP contribution in [-0.4, -0.2) is 44.6 Å². The highest BCUT2D eigenvalue weighted by Crippen LogP contribution is 2.27. The molecule has 2 aromatic rings. The van der Waals surface area contributed by atoms with Gasteiger partial charge in [0.1, 0.15) is 16.5 Å². The Labute approximate surface area is 168 Å². The largest absolute Gasteiger partial charge is 0.492 e. The molecule has 1 aromatic carbocycles. The average Bonchev–Trinajstić information content (AvgIpc) is 2.60. The Morgan fingerprint density at radius 1 is 1.11 bits per heavy atom. The molecule has 2 rings (SSSR count). The molecule has 0 radical (unpaired) electrons. The Bertz CT molecular complexity index is 877. The van der Waals surface area contributed by atoms with Gasteiger partial charge in [0, 0.05) is 35.9 Å². The number of sulfonamides is 1. The smallest absolute Gasteiger partial charge is 0.244 e. The molecular weight excluding hydrogens is 434 g/mol. The highest BCUT2D eigenvalue weighted by molar-refractivity contribution is 9.10. The number of rotatable bonds is 10. The summed E-state index contributed by atoms with van der Waals surface area (Å²) in [5, 5.41) is 6.16. The second kappa shape index (κ2) is 9.86. The highest BCUT2D eigenvalue weighted by atomic mass is 79.9. The third-order valence-corrected chi connectivity index (χ3v) is 5.38. The van der Waals surface area contributed by atoms with Crippen molar-refractivity contribution in [1.29, 1.82) is 0 Å². The Kier molecular flexibility index (Phi) is 7.81. The molecule has 3 N–H and O–H groups in total. The monoisotopic (exact) mass is 457 g/mol. The highest BCUT2D eigenvalue weighted by Gasteiger charge is 2.19. The van der Waals surface area contributed by atoms with Crippen molar-refractivity contribution in [2.75, 3.05) is 36.9 Å². The summed E-state index contributed by atoms with van der Waals surface area (Å²) < 4.78 is 33.9. The minimum Gasteiger partial charge on any atom is -0.492 e.